The van der Waals surface area contributed by atoms with Gasteiger partial charge in [0.25, 0.3) is 0 Å². The Morgan fingerprint density at radius 1 is 0.947 bits per heavy atom. The van der Waals surface area contributed by atoms with E-state index in [1.807, 2.05) is 37.4 Å². The van der Waals surface area contributed by atoms with Crippen LogP contribution in [0.15, 0.2) is 36.4 Å². The van der Waals surface area contributed by atoms with Gasteiger partial charge < -0.3 is 16.2 Å². The number of anilines is 2. The molecule has 0 amide bonds. The van der Waals surface area contributed by atoms with Gasteiger partial charge in [-0.1, -0.05) is 0 Å². The number of hydrogen-bond donors (Lipinski definition) is 2. The number of benzene rings is 2. The van der Waals surface area contributed by atoms with Crippen LogP contribution in [0.2, 0.25) is 0 Å². The van der Waals surface area contributed by atoms with Crippen LogP contribution in [0.5, 0.6) is 5.75 Å². The molecule has 0 bridgehead atoms. The van der Waals surface area contributed by atoms with Crippen LogP contribution < -0.4 is 20.8 Å². The Morgan fingerprint density at radius 3 is 2.42 bits per heavy atom. The molecule has 4 N–H and O–H groups in total. The zero-order valence-electron chi connectivity index (χ0n) is 11.0. The van der Waals surface area contributed by atoms with Gasteiger partial charge >= 0.3 is 0 Å². The molecule has 0 aliphatic carbocycles. The van der Waals surface area contributed by atoms with E-state index in [0.717, 1.165) is 27.5 Å². The fraction of sp³-hybridized carbons (Fsp3) is 0.133. The summed E-state index contributed by atoms with van der Waals surface area (Å²) in [6, 6.07) is 11.9. The van der Waals surface area contributed by atoms with E-state index in [0.29, 0.717) is 11.4 Å². The maximum Gasteiger partial charge on any atom is 0.215 e. The molecule has 3 rings (SSSR count). The summed E-state index contributed by atoms with van der Waals surface area (Å²) in [6.07, 6.45) is 0. The van der Waals surface area contributed by atoms with Crippen LogP contribution in [0.3, 0.4) is 0 Å². The van der Waals surface area contributed by atoms with Gasteiger partial charge in [-0.3, -0.25) is 0 Å². The van der Waals surface area contributed by atoms with Gasteiger partial charge in [0.2, 0.25) is 11.0 Å². The van der Waals surface area contributed by atoms with E-state index in [1.54, 1.807) is 7.11 Å². The third-order valence-electron chi connectivity index (χ3n) is 3.47. The van der Waals surface area contributed by atoms with Crippen molar-refractivity contribution in [1.29, 1.82) is 0 Å². The van der Waals surface area contributed by atoms with E-state index >= 15 is 0 Å². The van der Waals surface area contributed by atoms with Crippen molar-refractivity contribution >= 4 is 33.2 Å². The van der Waals surface area contributed by atoms with Gasteiger partial charge in [-0.25, -0.2) is 0 Å². The summed E-state index contributed by atoms with van der Waals surface area (Å²) in [7, 11) is 3.63. The quantitative estimate of drug-likeness (QED) is 0.396. The highest BCUT2D eigenvalue weighted by Crippen LogP contribution is 2.28. The minimum Gasteiger partial charge on any atom is -0.495 e. The van der Waals surface area contributed by atoms with Crippen molar-refractivity contribution in [3.8, 4) is 5.75 Å². The first-order valence-corrected chi connectivity index (χ1v) is 6.05. The van der Waals surface area contributed by atoms with E-state index in [4.69, 9.17) is 16.2 Å². The van der Waals surface area contributed by atoms with Crippen molar-refractivity contribution in [2.24, 2.45) is 7.05 Å². The van der Waals surface area contributed by atoms with Gasteiger partial charge in [-0.2, -0.15) is 4.57 Å². The number of pyridine rings is 1. The molecule has 0 fully saturated rings. The standard InChI is InChI=1S/C15H15N3O/c1-18-13-7-11(16)4-3-9(13)5-10-6-15(19-2)12(17)8-14(10)18/h3-8H,1-2H3,(H3,16,17)/p+1. The van der Waals surface area contributed by atoms with Crippen molar-refractivity contribution in [2.45, 2.75) is 0 Å². The topological polar surface area (TPSA) is 65.2 Å². The monoisotopic (exact) mass is 254 g/mol. The molecule has 0 unspecified atom stereocenters. The lowest BCUT2D eigenvalue weighted by atomic mass is 10.1. The van der Waals surface area contributed by atoms with Crippen LogP contribution >= 0.6 is 0 Å². The molecule has 4 nitrogen and oxygen atoms in total. The molecule has 4 heteroatoms. The summed E-state index contributed by atoms with van der Waals surface area (Å²) >= 11 is 0. The smallest absolute Gasteiger partial charge is 0.215 e. The molecule has 0 saturated heterocycles. The molecule has 96 valence electrons. The Bertz CT molecular complexity index is 796. The number of hydrogen-bond acceptors (Lipinski definition) is 3. The zero-order chi connectivity index (χ0) is 13.6. The van der Waals surface area contributed by atoms with Gasteiger partial charge in [0.1, 0.15) is 12.8 Å². The lowest BCUT2D eigenvalue weighted by Crippen LogP contribution is -2.30. The third-order valence-corrected chi connectivity index (χ3v) is 3.47. The largest absolute Gasteiger partial charge is 0.495 e. The first-order chi connectivity index (χ1) is 9.10. The Balaban J connectivity index is 2.46. The summed E-state index contributed by atoms with van der Waals surface area (Å²) in [5.41, 5.74) is 15.4. The number of aromatic nitrogens is 1. The molecule has 19 heavy (non-hydrogen) atoms. The van der Waals surface area contributed by atoms with E-state index in [9.17, 15) is 0 Å². The molecule has 1 heterocycles. The van der Waals surface area contributed by atoms with E-state index in [-0.39, 0.29) is 0 Å². The molecule has 0 spiro atoms. The Kier molecular flexibility index (Phi) is 2.45. The number of nitrogens with two attached hydrogens (primary N) is 2. The number of nitrogen functional groups attached to an aromatic ring is 2. The summed E-state index contributed by atoms with van der Waals surface area (Å²) in [6.45, 7) is 0. The first-order valence-electron chi connectivity index (χ1n) is 6.05. The Morgan fingerprint density at radius 2 is 1.68 bits per heavy atom. The first kappa shape index (κ1) is 11.6. The van der Waals surface area contributed by atoms with E-state index in [2.05, 4.69) is 10.6 Å². The highest BCUT2D eigenvalue weighted by molar-refractivity contribution is 5.92. The van der Waals surface area contributed by atoms with Gasteiger partial charge in [-0.15, -0.1) is 0 Å². The predicted octanol–water partition coefficient (Wildman–Crippen LogP) is 1.99. The normalized spacial score (nSPS) is 11.1. The van der Waals surface area contributed by atoms with Crippen LogP contribution in [-0.2, 0) is 7.05 Å². The molecule has 0 aliphatic rings. The summed E-state index contributed by atoms with van der Waals surface area (Å²) < 4.78 is 7.36. The SMILES string of the molecule is COc1cc2cc3ccc(N)cc3[n+](C)c2cc1N. The van der Waals surface area contributed by atoms with Gasteiger partial charge in [0, 0.05) is 23.2 Å². The fourth-order valence-corrected chi connectivity index (χ4v) is 2.45. The zero-order valence-corrected chi connectivity index (χ0v) is 11.0. The van der Waals surface area contributed by atoms with Crippen molar-refractivity contribution in [3.05, 3.63) is 36.4 Å². The third kappa shape index (κ3) is 1.73. The molecule has 2 aromatic carbocycles. The Labute approximate surface area is 111 Å². The number of ether oxygens (including phenoxy) is 1. The number of nitrogens with zero attached hydrogens (tertiary/aromatic N) is 1. The maximum absolute atomic E-state index is 5.98. The Hall–Kier alpha value is -2.49. The molecular formula is C15H16N3O+. The van der Waals surface area contributed by atoms with Gasteiger partial charge in [0.05, 0.1) is 18.2 Å². The average molecular weight is 254 g/mol. The number of aryl methyl sites for hydroxylation is 1. The number of fused-ring (bicyclic) bond motifs is 2. The van der Waals surface area contributed by atoms with Crippen LogP contribution in [0, 0.1) is 0 Å². The number of rotatable bonds is 1. The summed E-state index contributed by atoms with van der Waals surface area (Å²) in [5.74, 6) is 0.697. The highest BCUT2D eigenvalue weighted by atomic mass is 16.5. The summed E-state index contributed by atoms with van der Waals surface area (Å²) in [5, 5.41) is 2.22. The van der Waals surface area contributed by atoms with Crippen LogP contribution in [0.25, 0.3) is 21.8 Å². The second-order valence-electron chi connectivity index (χ2n) is 4.67. The molecule has 0 atom stereocenters. The second-order valence-corrected chi connectivity index (χ2v) is 4.67. The fourth-order valence-electron chi connectivity index (χ4n) is 2.45. The van der Waals surface area contributed by atoms with Crippen molar-refractivity contribution in [1.82, 2.24) is 0 Å². The van der Waals surface area contributed by atoms with Crippen molar-refractivity contribution in [2.75, 3.05) is 18.6 Å². The summed E-state index contributed by atoms with van der Waals surface area (Å²) in [4.78, 5) is 0. The second kappa shape index (κ2) is 4.02. The lowest BCUT2D eigenvalue weighted by molar-refractivity contribution is -0.617. The lowest BCUT2D eigenvalue weighted by Gasteiger charge is -2.07. The molecule has 0 aliphatic heterocycles. The molecule has 0 saturated carbocycles. The molecular weight excluding hydrogens is 238 g/mol. The molecule has 0 radical (unpaired) electrons. The van der Waals surface area contributed by atoms with Crippen molar-refractivity contribution in [3.63, 3.8) is 0 Å². The number of methoxy groups -OCH3 is 1. The highest BCUT2D eigenvalue weighted by Gasteiger charge is 2.14. The van der Waals surface area contributed by atoms with Crippen molar-refractivity contribution < 1.29 is 9.30 Å². The molecule has 3 aromatic rings. The van der Waals surface area contributed by atoms with Gasteiger partial charge in [0.15, 0.2) is 0 Å². The minimum atomic E-state index is 0.633. The predicted molar refractivity (Wildman–Crippen MR) is 78.0 cm³/mol. The molecule has 1 aromatic heterocycles. The van der Waals surface area contributed by atoms with E-state index < -0.39 is 0 Å². The van der Waals surface area contributed by atoms with Crippen LogP contribution in [0.4, 0.5) is 11.4 Å². The minimum absolute atomic E-state index is 0.633. The van der Waals surface area contributed by atoms with Gasteiger partial charge in [-0.05, 0) is 24.3 Å². The van der Waals surface area contributed by atoms with Crippen LogP contribution in [-0.4, -0.2) is 7.11 Å². The van der Waals surface area contributed by atoms with Crippen LogP contribution in [0.1, 0.15) is 0 Å². The maximum atomic E-state index is 5.98. The average Bonchev–Trinajstić information content (AvgIpc) is 2.40. The van der Waals surface area contributed by atoms with E-state index in [1.165, 1.54) is 0 Å².